The van der Waals surface area contributed by atoms with E-state index in [1.807, 2.05) is 11.8 Å². The van der Waals surface area contributed by atoms with Gasteiger partial charge in [0.2, 0.25) is 5.91 Å². The molecule has 3 amide bonds. The van der Waals surface area contributed by atoms with Crippen LogP contribution in [0.4, 0.5) is 4.79 Å². The second-order valence-electron chi connectivity index (χ2n) is 6.24. The van der Waals surface area contributed by atoms with E-state index < -0.39 is 0 Å². The predicted molar refractivity (Wildman–Crippen MR) is 65.4 cm³/mol. The average molecular weight is 238 g/mol. The molecule has 0 aromatic rings. The molecule has 1 aliphatic heterocycles. The van der Waals surface area contributed by atoms with E-state index in [2.05, 4.69) is 19.2 Å². The fourth-order valence-corrected chi connectivity index (χ4v) is 2.77. The van der Waals surface area contributed by atoms with Gasteiger partial charge in [-0.1, -0.05) is 20.8 Å². The first-order valence-electron chi connectivity index (χ1n) is 6.50. The van der Waals surface area contributed by atoms with Gasteiger partial charge < -0.3 is 4.90 Å². The molecule has 17 heavy (non-hydrogen) atoms. The van der Waals surface area contributed by atoms with E-state index in [9.17, 15) is 9.59 Å². The van der Waals surface area contributed by atoms with Crippen LogP contribution < -0.4 is 5.32 Å². The van der Waals surface area contributed by atoms with E-state index in [0.29, 0.717) is 18.0 Å². The molecule has 1 heterocycles. The molecule has 2 rings (SSSR count). The van der Waals surface area contributed by atoms with E-state index in [0.717, 1.165) is 25.7 Å². The molecule has 0 aromatic carbocycles. The predicted octanol–water partition coefficient (Wildman–Crippen LogP) is 2.14. The van der Waals surface area contributed by atoms with Gasteiger partial charge in [0.1, 0.15) is 0 Å². The molecule has 0 radical (unpaired) electrons. The Labute approximate surface area is 103 Å². The molecule has 1 unspecified atom stereocenters. The molecule has 0 aromatic heterocycles. The van der Waals surface area contributed by atoms with Gasteiger partial charge >= 0.3 is 6.03 Å². The van der Waals surface area contributed by atoms with Crippen molar-refractivity contribution in [3.63, 3.8) is 0 Å². The Balaban J connectivity index is 1.99. The Morgan fingerprint density at radius 2 is 1.82 bits per heavy atom. The quantitative estimate of drug-likeness (QED) is 0.761. The van der Waals surface area contributed by atoms with Gasteiger partial charge in [-0.05, 0) is 31.1 Å². The molecule has 1 saturated heterocycles. The highest BCUT2D eigenvalue weighted by Gasteiger charge is 2.36. The summed E-state index contributed by atoms with van der Waals surface area (Å²) in [6.45, 7) is 7.02. The van der Waals surface area contributed by atoms with Crippen LogP contribution in [0.1, 0.15) is 46.5 Å². The molecule has 2 aliphatic rings. The Kier molecular flexibility index (Phi) is 3.15. The summed E-state index contributed by atoms with van der Waals surface area (Å²) < 4.78 is 0. The topological polar surface area (TPSA) is 49.4 Å². The van der Waals surface area contributed by atoms with Crippen molar-refractivity contribution in [1.29, 1.82) is 0 Å². The highest BCUT2D eigenvalue weighted by Crippen LogP contribution is 2.37. The number of carbonyl (C=O) groups excluding carboxylic acids is 2. The first-order valence-corrected chi connectivity index (χ1v) is 6.50. The van der Waals surface area contributed by atoms with Gasteiger partial charge in [-0.15, -0.1) is 0 Å². The van der Waals surface area contributed by atoms with Crippen molar-refractivity contribution in [3.8, 4) is 0 Å². The van der Waals surface area contributed by atoms with Gasteiger partial charge in [-0.3, -0.25) is 10.1 Å². The van der Waals surface area contributed by atoms with Gasteiger partial charge in [-0.25, -0.2) is 4.79 Å². The summed E-state index contributed by atoms with van der Waals surface area (Å²) in [6.07, 6.45) is 4.43. The SMILES string of the molecule is CC1CN(C2CCC(C)(C)CC2)C(=O)NC1=O. The van der Waals surface area contributed by atoms with Crippen molar-refractivity contribution in [1.82, 2.24) is 10.2 Å². The zero-order valence-electron chi connectivity index (χ0n) is 11.0. The number of carbonyl (C=O) groups is 2. The Hall–Kier alpha value is -1.06. The van der Waals surface area contributed by atoms with Crippen LogP contribution >= 0.6 is 0 Å². The lowest BCUT2D eigenvalue weighted by molar-refractivity contribution is -0.125. The smallest absolute Gasteiger partial charge is 0.321 e. The van der Waals surface area contributed by atoms with Gasteiger partial charge in [0.25, 0.3) is 0 Å². The third kappa shape index (κ3) is 2.61. The van der Waals surface area contributed by atoms with Crippen molar-refractivity contribution in [2.75, 3.05) is 6.54 Å². The molecular formula is C13H22N2O2. The second-order valence-corrected chi connectivity index (χ2v) is 6.24. The molecule has 96 valence electrons. The summed E-state index contributed by atoms with van der Waals surface area (Å²) in [7, 11) is 0. The molecule has 0 bridgehead atoms. The van der Waals surface area contributed by atoms with Crippen LogP contribution in [0.3, 0.4) is 0 Å². The minimum absolute atomic E-state index is 0.0809. The van der Waals surface area contributed by atoms with Gasteiger partial charge in [0, 0.05) is 12.6 Å². The first kappa shape index (κ1) is 12.4. The van der Waals surface area contributed by atoms with Crippen molar-refractivity contribution in [3.05, 3.63) is 0 Å². The van der Waals surface area contributed by atoms with Crippen LogP contribution in [-0.2, 0) is 4.79 Å². The summed E-state index contributed by atoms with van der Waals surface area (Å²) >= 11 is 0. The van der Waals surface area contributed by atoms with Crippen molar-refractivity contribution in [2.24, 2.45) is 11.3 Å². The third-order valence-electron chi connectivity index (χ3n) is 4.16. The molecule has 1 atom stereocenters. The van der Waals surface area contributed by atoms with Gasteiger partial charge in [0.05, 0.1) is 5.92 Å². The number of hydrogen-bond acceptors (Lipinski definition) is 2. The van der Waals surface area contributed by atoms with Crippen LogP contribution in [0.2, 0.25) is 0 Å². The minimum atomic E-state index is -0.196. The van der Waals surface area contributed by atoms with Crippen LogP contribution in [-0.4, -0.2) is 29.4 Å². The van der Waals surface area contributed by atoms with Crippen molar-refractivity contribution < 1.29 is 9.59 Å². The van der Waals surface area contributed by atoms with Crippen LogP contribution in [0.25, 0.3) is 0 Å². The third-order valence-corrected chi connectivity index (χ3v) is 4.16. The average Bonchev–Trinajstić information content (AvgIpc) is 2.24. The molecule has 2 fully saturated rings. The molecule has 1 aliphatic carbocycles. The maximum atomic E-state index is 11.8. The van der Waals surface area contributed by atoms with E-state index in [1.165, 1.54) is 0 Å². The number of urea groups is 1. The summed E-state index contributed by atoms with van der Waals surface area (Å²) in [6, 6.07) is 0.122. The fourth-order valence-electron chi connectivity index (χ4n) is 2.77. The highest BCUT2D eigenvalue weighted by molar-refractivity contribution is 5.97. The van der Waals surface area contributed by atoms with E-state index in [1.54, 1.807) is 0 Å². The lowest BCUT2D eigenvalue weighted by Crippen LogP contribution is -2.57. The zero-order chi connectivity index (χ0) is 12.6. The summed E-state index contributed by atoms with van der Waals surface area (Å²) in [5.41, 5.74) is 0.407. The maximum absolute atomic E-state index is 11.8. The highest BCUT2D eigenvalue weighted by atomic mass is 16.2. The summed E-state index contributed by atoms with van der Waals surface area (Å²) in [5.74, 6) is -0.218. The largest absolute Gasteiger partial charge is 0.324 e. The summed E-state index contributed by atoms with van der Waals surface area (Å²) in [4.78, 5) is 25.0. The summed E-state index contributed by atoms with van der Waals surface area (Å²) in [5, 5.41) is 2.45. The lowest BCUT2D eigenvalue weighted by atomic mass is 9.75. The number of amides is 3. The van der Waals surface area contributed by atoms with Crippen LogP contribution in [0.5, 0.6) is 0 Å². The molecule has 1 N–H and O–H groups in total. The Bertz CT molecular complexity index is 328. The standard InChI is InChI=1S/C13H22N2O2/c1-9-8-15(12(17)14-11(9)16)10-4-6-13(2,3)7-5-10/h9-10H,4-8H2,1-3H3,(H,14,16,17). The van der Waals surface area contributed by atoms with E-state index in [-0.39, 0.29) is 17.9 Å². The van der Waals surface area contributed by atoms with Crippen LogP contribution in [0.15, 0.2) is 0 Å². The normalized spacial score (nSPS) is 30.3. The number of rotatable bonds is 1. The van der Waals surface area contributed by atoms with Gasteiger partial charge in [-0.2, -0.15) is 0 Å². The zero-order valence-corrected chi connectivity index (χ0v) is 11.0. The number of imide groups is 1. The van der Waals surface area contributed by atoms with Crippen LogP contribution in [0, 0.1) is 11.3 Å². The Morgan fingerprint density at radius 1 is 1.24 bits per heavy atom. The van der Waals surface area contributed by atoms with Crippen molar-refractivity contribution in [2.45, 2.75) is 52.5 Å². The molecule has 4 heteroatoms. The molecule has 4 nitrogen and oxygen atoms in total. The number of nitrogens with one attached hydrogen (secondary N) is 1. The first-order chi connectivity index (χ1) is 7.89. The fraction of sp³-hybridized carbons (Fsp3) is 0.846. The maximum Gasteiger partial charge on any atom is 0.324 e. The van der Waals surface area contributed by atoms with Crippen molar-refractivity contribution >= 4 is 11.9 Å². The minimum Gasteiger partial charge on any atom is -0.321 e. The monoisotopic (exact) mass is 238 g/mol. The van der Waals surface area contributed by atoms with E-state index in [4.69, 9.17) is 0 Å². The van der Waals surface area contributed by atoms with E-state index >= 15 is 0 Å². The van der Waals surface area contributed by atoms with Gasteiger partial charge in [0.15, 0.2) is 0 Å². The molecule has 0 spiro atoms. The second kappa shape index (κ2) is 4.31. The molecule has 1 saturated carbocycles. The number of nitrogens with zero attached hydrogens (tertiary/aromatic N) is 1. The lowest BCUT2D eigenvalue weighted by Gasteiger charge is -2.42. The number of hydrogen-bond donors (Lipinski definition) is 1. The molecular weight excluding hydrogens is 216 g/mol. The Morgan fingerprint density at radius 3 is 2.41 bits per heavy atom.